The molecule has 0 radical (unpaired) electrons. The SMILES string of the molecule is C=CCn1c(SC(C(=O)NC2CC2)c2ccc(F)cc2)nc2ccccc2c1=O. The van der Waals surface area contributed by atoms with Crippen molar-refractivity contribution in [1.82, 2.24) is 14.9 Å². The van der Waals surface area contributed by atoms with Gasteiger partial charge < -0.3 is 5.32 Å². The molecule has 29 heavy (non-hydrogen) atoms. The van der Waals surface area contributed by atoms with Crippen molar-refractivity contribution in [3.05, 3.63) is 82.9 Å². The second-order valence-electron chi connectivity index (χ2n) is 6.95. The summed E-state index contributed by atoms with van der Waals surface area (Å²) in [6, 6.07) is 13.2. The van der Waals surface area contributed by atoms with Gasteiger partial charge in [0, 0.05) is 12.6 Å². The van der Waals surface area contributed by atoms with Crippen LogP contribution in [0.1, 0.15) is 23.7 Å². The number of rotatable bonds is 7. The Hall–Kier alpha value is -2.93. The van der Waals surface area contributed by atoms with Crippen LogP contribution in [0.25, 0.3) is 10.9 Å². The van der Waals surface area contributed by atoms with Crippen molar-refractivity contribution in [3.63, 3.8) is 0 Å². The molecule has 7 heteroatoms. The van der Waals surface area contributed by atoms with E-state index in [1.807, 2.05) is 6.07 Å². The standard InChI is InChI=1S/C22H20FN3O2S/c1-2-13-26-21(28)17-5-3-4-6-18(17)25-22(26)29-19(20(27)24-16-11-12-16)14-7-9-15(23)10-8-14/h2-10,16,19H,1,11-13H2,(H,24,27). The third-order valence-electron chi connectivity index (χ3n) is 4.70. The molecule has 0 saturated heterocycles. The lowest BCUT2D eigenvalue weighted by atomic mass is 10.1. The Morgan fingerprint density at radius 3 is 2.69 bits per heavy atom. The summed E-state index contributed by atoms with van der Waals surface area (Å²) in [6.07, 6.45) is 3.54. The van der Waals surface area contributed by atoms with Gasteiger partial charge in [-0.2, -0.15) is 0 Å². The number of halogens is 1. The summed E-state index contributed by atoms with van der Waals surface area (Å²) < 4.78 is 14.9. The van der Waals surface area contributed by atoms with Crippen LogP contribution in [0, 0.1) is 5.82 Å². The predicted octanol–water partition coefficient (Wildman–Crippen LogP) is 3.83. The number of benzene rings is 2. The first-order chi connectivity index (χ1) is 14.1. The molecule has 5 nitrogen and oxygen atoms in total. The lowest BCUT2D eigenvalue weighted by Gasteiger charge is -2.19. The van der Waals surface area contributed by atoms with Gasteiger partial charge in [0.25, 0.3) is 5.56 Å². The Kier molecular flexibility index (Phi) is 5.49. The smallest absolute Gasteiger partial charge is 0.262 e. The minimum atomic E-state index is -0.652. The minimum absolute atomic E-state index is 0.170. The topological polar surface area (TPSA) is 64.0 Å². The van der Waals surface area contributed by atoms with Gasteiger partial charge >= 0.3 is 0 Å². The molecule has 1 aromatic heterocycles. The maximum absolute atomic E-state index is 13.4. The summed E-state index contributed by atoms with van der Waals surface area (Å²) in [6.45, 7) is 4.01. The average molecular weight is 409 g/mol. The van der Waals surface area contributed by atoms with E-state index >= 15 is 0 Å². The van der Waals surface area contributed by atoms with E-state index in [0.717, 1.165) is 12.8 Å². The van der Waals surface area contributed by atoms with Crippen molar-refractivity contribution in [2.24, 2.45) is 0 Å². The Morgan fingerprint density at radius 2 is 2.00 bits per heavy atom. The fourth-order valence-electron chi connectivity index (χ4n) is 3.05. The number of nitrogens with one attached hydrogen (secondary N) is 1. The summed E-state index contributed by atoms with van der Waals surface area (Å²) in [5.74, 6) is -0.538. The zero-order valence-corrected chi connectivity index (χ0v) is 16.5. The summed E-state index contributed by atoms with van der Waals surface area (Å²) in [5.41, 5.74) is 1.04. The van der Waals surface area contributed by atoms with Crippen LogP contribution in [-0.4, -0.2) is 21.5 Å². The first-order valence-electron chi connectivity index (χ1n) is 9.40. The van der Waals surface area contributed by atoms with Crippen molar-refractivity contribution in [1.29, 1.82) is 0 Å². The molecule has 1 heterocycles. The fourth-order valence-corrected chi connectivity index (χ4v) is 4.16. The molecule has 1 aliphatic carbocycles. The van der Waals surface area contributed by atoms with Crippen LogP contribution < -0.4 is 10.9 Å². The van der Waals surface area contributed by atoms with Crippen molar-refractivity contribution in [2.75, 3.05) is 0 Å². The number of hydrogen-bond donors (Lipinski definition) is 1. The van der Waals surface area contributed by atoms with Gasteiger partial charge in [0.15, 0.2) is 5.16 Å². The Labute approximate surface area is 171 Å². The largest absolute Gasteiger partial charge is 0.352 e. The molecule has 1 fully saturated rings. The van der Waals surface area contributed by atoms with Gasteiger partial charge in [-0.25, -0.2) is 9.37 Å². The molecule has 0 spiro atoms. The molecule has 1 unspecified atom stereocenters. The minimum Gasteiger partial charge on any atom is -0.352 e. The van der Waals surface area contributed by atoms with Crippen molar-refractivity contribution in [2.45, 2.75) is 35.8 Å². The van der Waals surface area contributed by atoms with Crippen LogP contribution in [-0.2, 0) is 11.3 Å². The van der Waals surface area contributed by atoms with Gasteiger partial charge in [-0.1, -0.05) is 42.1 Å². The first kappa shape index (κ1) is 19.4. The van der Waals surface area contributed by atoms with Crippen LogP contribution >= 0.6 is 11.8 Å². The van der Waals surface area contributed by atoms with Crippen molar-refractivity contribution in [3.8, 4) is 0 Å². The van der Waals surface area contributed by atoms with E-state index in [9.17, 15) is 14.0 Å². The molecule has 3 aromatic rings. The molecule has 1 amide bonds. The maximum Gasteiger partial charge on any atom is 0.262 e. The highest BCUT2D eigenvalue weighted by Gasteiger charge is 2.30. The summed E-state index contributed by atoms with van der Waals surface area (Å²) in [5, 5.41) is 3.29. The lowest BCUT2D eigenvalue weighted by molar-refractivity contribution is -0.120. The third kappa shape index (κ3) is 4.24. The second kappa shape index (κ2) is 8.21. The van der Waals surface area contributed by atoms with Crippen LogP contribution in [0.5, 0.6) is 0 Å². The molecule has 1 atom stereocenters. The number of allylic oxidation sites excluding steroid dienone is 1. The van der Waals surface area contributed by atoms with E-state index in [1.165, 1.54) is 28.5 Å². The highest BCUT2D eigenvalue weighted by Crippen LogP contribution is 2.36. The number of para-hydroxylation sites is 1. The quantitative estimate of drug-likeness (QED) is 0.366. The molecule has 1 saturated carbocycles. The van der Waals surface area contributed by atoms with Crippen LogP contribution in [0.2, 0.25) is 0 Å². The van der Waals surface area contributed by atoms with Gasteiger partial charge in [-0.15, -0.1) is 6.58 Å². The van der Waals surface area contributed by atoms with Gasteiger partial charge in [-0.05, 0) is 42.7 Å². The predicted molar refractivity (Wildman–Crippen MR) is 112 cm³/mol. The van der Waals surface area contributed by atoms with Crippen LogP contribution in [0.4, 0.5) is 4.39 Å². The molecule has 2 aromatic carbocycles. The van der Waals surface area contributed by atoms with Gasteiger partial charge in [0.05, 0.1) is 10.9 Å². The fraction of sp³-hybridized carbons (Fsp3) is 0.227. The van der Waals surface area contributed by atoms with E-state index in [4.69, 9.17) is 0 Å². The average Bonchev–Trinajstić information content (AvgIpc) is 3.53. The van der Waals surface area contributed by atoms with Crippen LogP contribution in [0.15, 0.2) is 71.1 Å². The number of carbonyl (C=O) groups excluding carboxylic acids is 1. The van der Waals surface area contributed by atoms with E-state index in [-0.39, 0.29) is 29.9 Å². The highest BCUT2D eigenvalue weighted by molar-refractivity contribution is 8.00. The van der Waals surface area contributed by atoms with Crippen LogP contribution in [0.3, 0.4) is 0 Å². The molecule has 0 bridgehead atoms. The number of amides is 1. The molecule has 4 rings (SSSR count). The van der Waals surface area contributed by atoms with E-state index < -0.39 is 5.25 Å². The third-order valence-corrected chi connectivity index (χ3v) is 5.94. The molecule has 148 valence electrons. The first-order valence-corrected chi connectivity index (χ1v) is 10.3. The van der Waals surface area contributed by atoms with Gasteiger partial charge in [0.2, 0.25) is 5.91 Å². The monoisotopic (exact) mass is 409 g/mol. The molecular formula is C22H20FN3O2S. The molecular weight excluding hydrogens is 389 g/mol. The summed E-state index contributed by atoms with van der Waals surface area (Å²) in [4.78, 5) is 30.5. The zero-order valence-electron chi connectivity index (χ0n) is 15.7. The number of fused-ring (bicyclic) bond motifs is 1. The van der Waals surface area contributed by atoms with Crippen molar-refractivity contribution < 1.29 is 9.18 Å². The van der Waals surface area contributed by atoms with Gasteiger partial charge in [0.1, 0.15) is 11.1 Å². The summed E-state index contributed by atoms with van der Waals surface area (Å²) >= 11 is 1.19. The molecule has 1 N–H and O–H groups in total. The van der Waals surface area contributed by atoms with Crippen molar-refractivity contribution >= 4 is 28.6 Å². The number of thioether (sulfide) groups is 1. The zero-order chi connectivity index (χ0) is 20.4. The molecule has 0 aliphatic heterocycles. The number of carbonyl (C=O) groups is 1. The maximum atomic E-state index is 13.4. The number of hydrogen-bond acceptors (Lipinski definition) is 4. The normalized spacial score (nSPS) is 14.5. The van der Waals surface area contributed by atoms with E-state index in [1.54, 1.807) is 36.4 Å². The second-order valence-corrected chi connectivity index (χ2v) is 8.02. The Balaban J connectivity index is 1.78. The Bertz CT molecular complexity index is 1120. The molecule has 1 aliphatic rings. The Morgan fingerprint density at radius 1 is 1.28 bits per heavy atom. The van der Waals surface area contributed by atoms with Gasteiger partial charge in [-0.3, -0.25) is 14.2 Å². The van der Waals surface area contributed by atoms with E-state index in [2.05, 4.69) is 16.9 Å². The lowest BCUT2D eigenvalue weighted by Crippen LogP contribution is -2.30. The number of aromatic nitrogens is 2. The number of nitrogens with zero attached hydrogens (tertiary/aromatic N) is 2. The summed E-state index contributed by atoms with van der Waals surface area (Å²) in [7, 11) is 0. The highest BCUT2D eigenvalue weighted by atomic mass is 32.2. The van der Waals surface area contributed by atoms with E-state index in [0.29, 0.717) is 21.6 Å².